The number of carbonyl (C=O) groups excluding carboxylic acids is 1. The highest BCUT2D eigenvalue weighted by Crippen LogP contribution is 2.29. The van der Waals surface area contributed by atoms with Crippen molar-refractivity contribution in [3.63, 3.8) is 0 Å². The number of aromatic nitrogens is 2. The third kappa shape index (κ3) is 6.44. The van der Waals surface area contributed by atoms with Crippen molar-refractivity contribution in [1.82, 2.24) is 15.5 Å². The lowest BCUT2D eigenvalue weighted by atomic mass is 10.1. The summed E-state index contributed by atoms with van der Waals surface area (Å²) in [6, 6.07) is 15.5. The second-order valence-electron chi connectivity index (χ2n) is 7.36. The van der Waals surface area contributed by atoms with Crippen LogP contribution in [0, 0.1) is 5.92 Å². The molecule has 0 saturated carbocycles. The minimum atomic E-state index is -4.69. The molecule has 1 atom stereocenters. The largest absolute Gasteiger partial charge is 0.491 e. The Morgan fingerprint density at radius 2 is 1.81 bits per heavy atom. The van der Waals surface area contributed by atoms with Gasteiger partial charge in [-0.15, -0.1) is 0 Å². The van der Waals surface area contributed by atoms with Crippen molar-refractivity contribution >= 4 is 12.0 Å². The Balaban J connectivity index is 1.57. The third-order valence-corrected chi connectivity index (χ3v) is 4.57. The lowest BCUT2D eigenvalue weighted by Gasteiger charge is -2.22. The first kappa shape index (κ1) is 23.1. The second kappa shape index (κ2) is 10.1. The first-order valence-corrected chi connectivity index (χ1v) is 9.90. The van der Waals surface area contributed by atoms with Gasteiger partial charge < -0.3 is 14.6 Å². The minimum absolute atomic E-state index is 0.114. The molecule has 0 fully saturated rings. The molecule has 9 heteroatoms. The molecule has 6 nitrogen and oxygen atoms in total. The highest BCUT2D eigenvalue weighted by Gasteiger charge is 2.38. The van der Waals surface area contributed by atoms with Gasteiger partial charge in [0.05, 0.1) is 6.04 Å². The summed E-state index contributed by atoms with van der Waals surface area (Å²) in [5.41, 5.74) is 1.28. The van der Waals surface area contributed by atoms with Crippen molar-refractivity contribution < 1.29 is 27.2 Å². The average molecular weight is 445 g/mol. The molecule has 3 aromatic rings. The zero-order valence-electron chi connectivity index (χ0n) is 17.5. The van der Waals surface area contributed by atoms with Gasteiger partial charge in [-0.3, -0.25) is 4.79 Å². The molecule has 32 heavy (non-hydrogen) atoms. The van der Waals surface area contributed by atoms with Crippen LogP contribution in [0.2, 0.25) is 0 Å². The predicted octanol–water partition coefficient (Wildman–Crippen LogP) is 4.99. The Hall–Kier alpha value is -3.62. The summed E-state index contributed by atoms with van der Waals surface area (Å²) in [7, 11) is 0. The number of hydrogen-bond donors (Lipinski definition) is 1. The molecule has 0 bridgehead atoms. The van der Waals surface area contributed by atoms with Gasteiger partial charge in [0.1, 0.15) is 12.4 Å². The van der Waals surface area contributed by atoms with Crippen LogP contribution in [-0.4, -0.2) is 28.7 Å². The molecule has 0 radical (unpaired) electrons. The first-order chi connectivity index (χ1) is 15.2. The highest BCUT2D eigenvalue weighted by molar-refractivity contribution is 5.91. The van der Waals surface area contributed by atoms with E-state index in [9.17, 15) is 18.0 Å². The van der Waals surface area contributed by atoms with Gasteiger partial charge in [-0.1, -0.05) is 49.3 Å². The van der Waals surface area contributed by atoms with Gasteiger partial charge in [0, 0.05) is 11.6 Å². The summed E-state index contributed by atoms with van der Waals surface area (Å²) < 4.78 is 47.8. The summed E-state index contributed by atoms with van der Waals surface area (Å²) in [6.07, 6.45) is -1.49. The monoisotopic (exact) mass is 445 g/mol. The van der Waals surface area contributed by atoms with Crippen molar-refractivity contribution in [1.29, 1.82) is 0 Å². The topological polar surface area (TPSA) is 77.2 Å². The van der Waals surface area contributed by atoms with Gasteiger partial charge >= 0.3 is 12.1 Å². The molecule has 0 spiro atoms. The molecule has 0 aliphatic rings. The number of benzene rings is 2. The maximum absolute atomic E-state index is 12.6. The minimum Gasteiger partial charge on any atom is -0.491 e. The van der Waals surface area contributed by atoms with Crippen LogP contribution >= 0.6 is 0 Å². The number of hydrogen-bond acceptors (Lipinski definition) is 5. The fourth-order valence-corrected chi connectivity index (χ4v) is 2.71. The Morgan fingerprint density at radius 1 is 1.12 bits per heavy atom. The zero-order valence-corrected chi connectivity index (χ0v) is 17.5. The Bertz CT molecular complexity index is 1050. The van der Waals surface area contributed by atoms with E-state index >= 15 is 0 Å². The summed E-state index contributed by atoms with van der Waals surface area (Å²) in [5, 5.41) is 6.27. The second-order valence-corrected chi connectivity index (χ2v) is 7.36. The van der Waals surface area contributed by atoms with E-state index in [2.05, 4.69) is 20.0 Å². The fourth-order valence-electron chi connectivity index (χ4n) is 2.71. The van der Waals surface area contributed by atoms with E-state index in [-0.39, 0.29) is 30.3 Å². The summed E-state index contributed by atoms with van der Waals surface area (Å²) >= 11 is 0. The molecule has 1 aromatic heterocycles. The first-order valence-electron chi connectivity index (χ1n) is 9.90. The van der Waals surface area contributed by atoms with E-state index in [4.69, 9.17) is 4.74 Å². The van der Waals surface area contributed by atoms with Crippen molar-refractivity contribution in [2.75, 3.05) is 6.61 Å². The van der Waals surface area contributed by atoms with E-state index in [1.165, 1.54) is 18.2 Å². The van der Waals surface area contributed by atoms with E-state index in [1.807, 2.05) is 44.2 Å². The standard InChI is InChI=1S/C23H22F3N3O3/c1-15(2)19(27-20(30)13-8-16-6-4-3-5-7-16)14-31-18-11-9-17(10-12-18)21-28-22(32-29-21)23(24,25)26/h3-13,15,19H,14H2,1-2H3,(H,27,30)/t19-/m0/s1. The molecule has 168 valence electrons. The van der Waals surface area contributed by atoms with Gasteiger partial charge in [0.2, 0.25) is 11.7 Å². The maximum Gasteiger partial charge on any atom is 0.471 e. The molecule has 0 aliphatic carbocycles. The van der Waals surface area contributed by atoms with E-state index < -0.39 is 12.1 Å². The number of nitrogens with zero attached hydrogens (tertiary/aromatic N) is 2. The van der Waals surface area contributed by atoms with E-state index in [0.717, 1.165) is 5.56 Å². The number of rotatable bonds is 8. The molecule has 1 heterocycles. The van der Waals surface area contributed by atoms with Gasteiger partial charge in [0.15, 0.2) is 0 Å². The van der Waals surface area contributed by atoms with Crippen molar-refractivity contribution in [3.8, 4) is 17.1 Å². The smallest absolute Gasteiger partial charge is 0.471 e. The maximum atomic E-state index is 12.6. The number of amides is 1. The van der Waals surface area contributed by atoms with Gasteiger partial charge in [-0.05, 0) is 41.8 Å². The Labute approximate surface area is 183 Å². The lowest BCUT2D eigenvalue weighted by Crippen LogP contribution is -2.42. The van der Waals surface area contributed by atoms with E-state index in [0.29, 0.717) is 11.3 Å². The van der Waals surface area contributed by atoms with Crippen molar-refractivity contribution in [2.24, 2.45) is 5.92 Å². The van der Waals surface area contributed by atoms with Crippen molar-refractivity contribution in [2.45, 2.75) is 26.1 Å². The van der Waals surface area contributed by atoms with Crippen LogP contribution in [0.1, 0.15) is 25.3 Å². The van der Waals surface area contributed by atoms with Crippen LogP contribution in [0.5, 0.6) is 5.75 Å². The molecule has 3 rings (SSSR count). The molecular weight excluding hydrogens is 423 g/mol. The summed E-state index contributed by atoms with van der Waals surface area (Å²) in [5.74, 6) is -1.19. The highest BCUT2D eigenvalue weighted by atomic mass is 19.4. The van der Waals surface area contributed by atoms with Gasteiger partial charge in [-0.2, -0.15) is 18.2 Å². The molecule has 0 aliphatic heterocycles. The lowest BCUT2D eigenvalue weighted by molar-refractivity contribution is -0.159. The summed E-state index contributed by atoms with van der Waals surface area (Å²) in [4.78, 5) is 15.6. The van der Waals surface area contributed by atoms with Crippen LogP contribution in [0.4, 0.5) is 13.2 Å². The normalized spacial score (nSPS) is 12.8. The predicted molar refractivity (Wildman–Crippen MR) is 112 cm³/mol. The number of carbonyl (C=O) groups is 1. The molecule has 0 saturated heterocycles. The van der Waals surface area contributed by atoms with Crippen LogP contribution < -0.4 is 10.1 Å². The molecular formula is C23H22F3N3O3. The number of ether oxygens (including phenoxy) is 1. The molecule has 1 N–H and O–H groups in total. The van der Waals surface area contributed by atoms with Crippen LogP contribution in [0.25, 0.3) is 17.5 Å². The molecule has 1 amide bonds. The number of halogens is 3. The third-order valence-electron chi connectivity index (χ3n) is 4.57. The van der Waals surface area contributed by atoms with Crippen LogP contribution in [0.3, 0.4) is 0 Å². The number of alkyl halides is 3. The average Bonchev–Trinajstić information content (AvgIpc) is 3.27. The quantitative estimate of drug-likeness (QED) is 0.495. The molecule has 0 unspecified atom stereocenters. The van der Waals surface area contributed by atoms with Crippen LogP contribution in [-0.2, 0) is 11.0 Å². The van der Waals surface area contributed by atoms with E-state index in [1.54, 1.807) is 18.2 Å². The van der Waals surface area contributed by atoms with Gasteiger partial charge in [0.25, 0.3) is 0 Å². The van der Waals surface area contributed by atoms with Gasteiger partial charge in [-0.25, -0.2) is 0 Å². The number of nitrogens with one attached hydrogen (secondary N) is 1. The summed E-state index contributed by atoms with van der Waals surface area (Å²) in [6.45, 7) is 4.15. The zero-order chi connectivity index (χ0) is 23.1. The SMILES string of the molecule is CC(C)[C@H](COc1ccc(-c2noc(C(F)(F)F)n2)cc1)NC(=O)C=Cc1ccccc1. The fraction of sp³-hybridized carbons (Fsp3) is 0.261. The Morgan fingerprint density at radius 3 is 2.41 bits per heavy atom. The van der Waals surface area contributed by atoms with Crippen molar-refractivity contribution in [3.05, 3.63) is 72.1 Å². The van der Waals surface area contributed by atoms with Crippen LogP contribution in [0.15, 0.2) is 65.2 Å². The molecule has 2 aromatic carbocycles. The Kier molecular flexibility index (Phi) is 7.29.